The van der Waals surface area contributed by atoms with Crippen LogP contribution < -0.4 is 0 Å². The maximum absolute atomic E-state index is 13.1. The molecule has 0 unspecified atom stereocenters. The quantitative estimate of drug-likeness (QED) is 0.634. The smallest absolute Gasteiger partial charge is 0.248 e. The summed E-state index contributed by atoms with van der Waals surface area (Å²) in [4.78, 5) is 4.81. The summed E-state index contributed by atoms with van der Waals surface area (Å²) in [5, 5.41) is 0.927. The lowest BCUT2D eigenvalue weighted by molar-refractivity contribution is -0.113. The van der Waals surface area contributed by atoms with Gasteiger partial charge in [0.2, 0.25) is 5.92 Å². The predicted molar refractivity (Wildman–Crippen MR) is 104 cm³/mol. The molecule has 0 radical (unpaired) electrons. The maximum atomic E-state index is 13.1. The first-order chi connectivity index (χ1) is 13.1. The Balaban J connectivity index is 1.68. The Bertz CT molecular complexity index is 1140. The van der Waals surface area contributed by atoms with Crippen molar-refractivity contribution in [1.82, 2.24) is 9.55 Å². The molecule has 1 aromatic carbocycles. The molecule has 148 valence electrons. The number of nitrogens with zero attached hydrogens (tertiary/aromatic N) is 2. The van der Waals surface area contributed by atoms with Crippen molar-refractivity contribution < 1.29 is 17.2 Å². The average molecular weight is 404 g/mol. The van der Waals surface area contributed by atoms with Gasteiger partial charge in [-0.3, -0.25) is 4.98 Å². The Morgan fingerprint density at radius 1 is 1.21 bits per heavy atom. The Kier molecular flexibility index (Phi) is 4.53. The van der Waals surface area contributed by atoms with E-state index in [-0.39, 0.29) is 18.8 Å². The summed E-state index contributed by atoms with van der Waals surface area (Å²) in [7, 11) is -3.35. The number of pyridine rings is 1. The van der Waals surface area contributed by atoms with Gasteiger partial charge in [-0.2, -0.15) is 0 Å². The minimum Gasteiger partial charge on any atom is -0.347 e. The highest BCUT2D eigenvalue weighted by Crippen LogP contribution is 2.43. The van der Waals surface area contributed by atoms with E-state index < -0.39 is 15.8 Å². The minimum atomic E-state index is -3.35. The molecule has 0 aliphatic heterocycles. The van der Waals surface area contributed by atoms with Crippen LogP contribution in [0.25, 0.3) is 10.9 Å². The van der Waals surface area contributed by atoms with E-state index in [0.717, 1.165) is 27.7 Å². The van der Waals surface area contributed by atoms with Gasteiger partial charge < -0.3 is 4.57 Å². The van der Waals surface area contributed by atoms with Crippen molar-refractivity contribution in [2.45, 2.75) is 43.5 Å². The number of fused-ring (bicyclic) bond motifs is 1. The zero-order valence-corrected chi connectivity index (χ0v) is 16.6. The Labute approximate surface area is 163 Å². The average Bonchev–Trinajstić information content (AvgIpc) is 2.98. The van der Waals surface area contributed by atoms with Gasteiger partial charge in [-0.25, -0.2) is 17.2 Å². The van der Waals surface area contributed by atoms with Gasteiger partial charge in [0.25, 0.3) is 0 Å². The molecule has 1 fully saturated rings. The van der Waals surface area contributed by atoms with Gasteiger partial charge >= 0.3 is 0 Å². The van der Waals surface area contributed by atoms with Gasteiger partial charge in [0.15, 0.2) is 9.84 Å². The molecule has 28 heavy (non-hydrogen) atoms. The van der Waals surface area contributed by atoms with Gasteiger partial charge in [0.05, 0.1) is 16.1 Å². The number of hydrogen-bond acceptors (Lipinski definition) is 3. The second-order valence-electron chi connectivity index (χ2n) is 7.79. The first kappa shape index (κ1) is 19.1. The van der Waals surface area contributed by atoms with E-state index in [9.17, 15) is 17.2 Å². The number of hydrogen-bond donors (Lipinski definition) is 0. The SMILES string of the molecule is Cc1cccc(S(C)(=O)=O)c1Cc1nccc2c1ccn2CC1CC(F)(F)C1. The van der Waals surface area contributed by atoms with Crippen molar-refractivity contribution in [3.05, 3.63) is 59.5 Å². The van der Waals surface area contributed by atoms with Crippen molar-refractivity contribution in [1.29, 1.82) is 0 Å². The van der Waals surface area contributed by atoms with Gasteiger partial charge in [-0.1, -0.05) is 12.1 Å². The predicted octanol–water partition coefficient (Wildman–Crippen LogP) is 4.38. The van der Waals surface area contributed by atoms with Crippen LogP contribution in [0, 0.1) is 12.8 Å². The number of aryl methyl sites for hydroxylation is 1. The molecule has 0 saturated heterocycles. The van der Waals surface area contributed by atoms with E-state index in [1.807, 2.05) is 35.9 Å². The van der Waals surface area contributed by atoms with E-state index in [1.54, 1.807) is 18.3 Å². The fourth-order valence-electron chi connectivity index (χ4n) is 4.09. The molecule has 4 rings (SSSR count). The van der Waals surface area contributed by atoms with Crippen LogP contribution in [0.1, 0.15) is 29.7 Å². The van der Waals surface area contributed by atoms with Crippen LogP contribution in [0.5, 0.6) is 0 Å². The van der Waals surface area contributed by atoms with Crippen molar-refractivity contribution in [2.75, 3.05) is 6.26 Å². The molecule has 4 nitrogen and oxygen atoms in total. The first-order valence-corrected chi connectivity index (χ1v) is 11.1. The highest BCUT2D eigenvalue weighted by Gasteiger charge is 2.45. The van der Waals surface area contributed by atoms with Crippen LogP contribution in [0.4, 0.5) is 8.78 Å². The van der Waals surface area contributed by atoms with Gasteiger partial charge in [0, 0.05) is 49.8 Å². The third kappa shape index (κ3) is 3.55. The molecule has 7 heteroatoms. The number of alkyl halides is 2. The molecule has 2 aromatic heterocycles. The molecule has 1 aliphatic rings. The number of sulfone groups is 1. The minimum absolute atomic E-state index is 0.0181. The van der Waals surface area contributed by atoms with Crippen LogP contribution in [0.3, 0.4) is 0 Å². The summed E-state index contributed by atoms with van der Waals surface area (Å²) in [6, 6.07) is 9.08. The fraction of sp³-hybridized carbons (Fsp3) is 0.381. The second-order valence-corrected chi connectivity index (χ2v) is 9.77. The summed E-state index contributed by atoms with van der Waals surface area (Å²) in [5.74, 6) is -2.54. The molecule has 0 atom stereocenters. The summed E-state index contributed by atoms with van der Waals surface area (Å²) in [6.45, 7) is 2.45. The summed E-state index contributed by atoms with van der Waals surface area (Å²) in [6.07, 6.45) is 5.09. The largest absolute Gasteiger partial charge is 0.347 e. The number of halogens is 2. The number of aromatic nitrogens is 2. The van der Waals surface area contributed by atoms with Crippen LogP contribution in [-0.2, 0) is 22.8 Å². The molecule has 1 aliphatic carbocycles. The first-order valence-electron chi connectivity index (χ1n) is 9.23. The molecule has 0 bridgehead atoms. The van der Waals surface area contributed by atoms with Crippen molar-refractivity contribution in [3.63, 3.8) is 0 Å². The molecule has 3 aromatic rings. The molecule has 0 amide bonds. The molecule has 2 heterocycles. The van der Waals surface area contributed by atoms with E-state index in [4.69, 9.17) is 0 Å². The third-order valence-corrected chi connectivity index (χ3v) is 6.70. The molecular formula is C21H22F2N2O2S. The lowest BCUT2D eigenvalue weighted by Gasteiger charge is -2.35. The summed E-state index contributed by atoms with van der Waals surface area (Å²) in [5.41, 5.74) is 3.37. The van der Waals surface area contributed by atoms with E-state index >= 15 is 0 Å². The Morgan fingerprint density at radius 2 is 1.96 bits per heavy atom. The molecular weight excluding hydrogens is 382 g/mol. The monoisotopic (exact) mass is 404 g/mol. The van der Waals surface area contributed by atoms with Gasteiger partial charge in [-0.05, 0) is 42.2 Å². The lowest BCUT2D eigenvalue weighted by Crippen LogP contribution is -2.37. The van der Waals surface area contributed by atoms with Crippen LogP contribution >= 0.6 is 0 Å². The molecule has 0 spiro atoms. The standard InChI is InChI=1S/C21H22F2N2O2S/c1-14-4-3-5-20(28(2,26)27)17(14)10-18-16-7-9-25(19(16)6-8-24-18)13-15-11-21(22,23)12-15/h3-9,15H,10-13H2,1-2H3. The van der Waals surface area contributed by atoms with Crippen molar-refractivity contribution in [2.24, 2.45) is 5.92 Å². The summed E-state index contributed by atoms with van der Waals surface area (Å²) < 4.78 is 52.7. The Morgan fingerprint density at radius 3 is 2.64 bits per heavy atom. The lowest BCUT2D eigenvalue weighted by atomic mass is 9.81. The second kappa shape index (κ2) is 6.65. The van der Waals surface area contributed by atoms with E-state index in [2.05, 4.69) is 4.98 Å². The van der Waals surface area contributed by atoms with E-state index in [1.165, 1.54) is 6.26 Å². The zero-order chi connectivity index (χ0) is 20.1. The Hall–Kier alpha value is -2.28. The fourth-order valence-corrected chi connectivity index (χ4v) is 5.10. The number of benzene rings is 1. The molecule has 0 N–H and O–H groups in total. The third-order valence-electron chi connectivity index (χ3n) is 5.52. The topological polar surface area (TPSA) is 52.0 Å². The van der Waals surface area contributed by atoms with Crippen molar-refractivity contribution in [3.8, 4) is 0 Å². The highest BCUT2D eigenvalue weighted by molar-refractivity contribution is 7.90. The maximum Gasteiger partial charge on any atom is 0.248 e. The zero-order valence-electron chi connectivity index (χ0n) is 15.8. The van der Waals surface area contributed by atoms with E-state index in [0.29, 0.717) is 17.9 Å². The highest BCUT2D eigenvalue weighted by atomic mass is 32.2. The van der Waals surface area contributed by atoms with Crippen LogP contribution in [0.15, 0.2) is 47.6 Å². The van der Waals surface area contributed by atoms with Gasteiger partial charge in [0.1, 0.15) is 0 Å². The molecule has 1 saturated carbocycles. The van der Waals surface area contributed by atoms with Crippen molar-refractivity contribution >= 4 is 20.7 Å². The normalized spacial score (nSPS) is 17.0. The number of rotatable bonds is 5. The summed E-state index contributed by atoms with van der Waals surface area (Å²) >= 11 is 0. The van der Waals surface area contributed by atoms with Gasteiger partial charge in [-0.15, -0.1) is 0 Å². The van der Waals surface area contributed by atoms with Crippen LogP contribution in [0.2, 0.25) is 0 Å². The van der Waals surface area contributed by atoms with Crippen LogP contribution in [-0.4, -0.2) is 30.1 Å².